The molecule has 2 aromatic rings. The quantitative estimate of drug-likeness (QED) is 0.233. The summed E-state index contributed by atoms with van der Waals surface area (Å²) in [5.41, 5.74) is 2.14. The highest BCUT2D eigenvalue weighted by Crippen LogP contribution is 2.40. The van der Waals surface area contributed by atoms with Crippen molar-refractivity contribution in [2.75, 3.05) is 46.0 Å². The van der Waals surface area contributed by atoms with E-state index in [2.05, 4.69) is 16.8 Å². The molecule has 1 N–H and O–H groups in total. The molecule has 1 amide bonds. The number of pyridine rings is 1. The van der Waals surface area contributed by atoms with E-state index in [-0.39, 0.29) is 11.3 Å². The van der Waals surface area contributed by atoms with Crippen molar-refractivity contribution in [1.29, 1.82) is 0 Å². The fourth-order valence-corrected chi connectivity index (χ4v) is 4.76. The SMILES string of the molecule is CCCCOc1ccc(/C(O)=C2\C(=O)C(=O)N(CCCN3CCOCC3)C2c2ccncc2)c(C)c1. The van der Waals surface area contributed by atoms with Crippen LogP contribution in [-0.4, -0.2) is 77.6 Å². The first-order valence-corrected chi connectivity index (χ1v) is 12.7. The number of carbonyl (C=O) groups excluding carboxylic acids is 2. The van der Waals surface area contributed by atoms with Crippen molar-refractivity contribution in [3.63, 3.8) is 0 Å². The number of amides is 1. The lowest BCUT2D eigenvalue weighted by Gasteiger charge is -2.29. The van der Waals surface area contributed by atoms with Crippen molar-refractivity contribution in [3.05, 3.63) is 65.0 Å². The smallest absolute Gasteiger partial charge is 0.295 e. The third-order valence-electron chi connectivity index (χ3n) is 6.76. The largest absolute Gasteiger partial charge is 0.507 e. The average Bonchev–Trinajstić information content (AvgIpc) is 3.15. The van der Waals surface area contributed by atoms with Crippen LogP contribution in [0.5, 0.6) is 5.75 Å². The second-order valence-electron chi connectivity index (χ2n) is 9.26. The molecule has 8 heteroatoms. The minimum Gasteiger partial charge on any atom is -0.507 e. The van der Waals surface area contributed by atoms with Gasteiger partial charge in [-0.3, -0.25) is 19.5 Å². The number of morpholine rings is 1. The van der Waals surface area contributed by atoms with Gasteiger partial charge in [0, 0.05) is 44.1 Å². The summed E-state index contributed by atoms with van der Waals surface area (Å²) in [5.74, 6) is -0.698. The Balaban J connectivity index is 1.62. The van der Waals surface area contributed by atoms with E-state index in [1.54, 1.807) is 41.6 Å². The first-order chi connectivity index (χ1) is 17.5. The molecule has 1 atom stereocenters. The van der Waals surface area contributed by atoms with E-state index in [0.29, 0.717) is 37.7 Å². The molecule has 0 spiro atoms. The molecule has 1 aromatic heterocycles. The summed E-state index contributed by atoms with van der Waals surface area (Å²) in [6.07, 6.45) is 5.99. The summed E-state index contributed by atoms with van der Waals surface area (Å²) < 4.78 is 11.2. The molecule has 0 radical (unpaired) electrons. The Morgan fingerprint density at radius 1 is 1.11 bits per heavy atom. The molecule has 3 heterocycles. The summed E-state index contributed by atoms with van der Waals surface area (Å²) in [4.78, 5) is 34.4. The van der Waals surface area contributed by atoms with Crippen molar-refractivity contribution >= 4 is 17.4 Å². The van der Waals surface area contributed by atoms with Gasteiger partial charge in [-0.1, -0.05) is 13.3 Å². The molecule has 2 aliphatic rings. The highest BCUT2D eigenvalue weighted by atomic mass is 16.5. The number of ether oxygens (including phenoxy) is 2. The second kappa shape index (κ2) is 12.1. The lowest BCUT2D eigenvalue weighted by Crippen LogP contribution is -2.38. The fraction of sp³-hybridized carbons (Fsp3) is 0.464. The van der Waals surface area contributed by atoms with E-state index >= 15 is 0 Å². The van der Waals surface area contributed by atoms with Gasteiger partial charge in [-0.2, -0.15) is 0 Å². The average molecular weight is 494 g/mol. The van der Waals surface area contributed by atoms with Crippen LogP contribution in [0.2, 0.25) is 0 Å². The zero-order chi connectivity index (χ0) is 25.5. The number of benzene rings is 1. The number of unbranched alkanes of at least 4 members (excludes halogenated alkanes) is 1. The molecular formula is C28H35N3O5. The highest BCUT2D eigenvalue weighted by molar-refractivity contribution is 6.46. The normalized spacial score (nSPS) is 20.2. The second-order valence-corrected chi connectivity index (χ2v) is 9.26. The summed E-state index contributed by atoms with van der Waals surface area (Å²) in [6, 6.07) is 8.30. The van der Waals surface area contributed by atoms with Crippen LogP contribution in [0.15, 0.2) is 48.3 Å². The van der Waals surface area contributed by atoms with Crippen molar-refractivity contribution < 1.29 is 24.2 Å². The lowest BCUT2D eigenvalue weighted by molar-refractivity contribution is -0.140. The van der Waals surface area contributed by atoms with Crippen molar-refractivity contribution in [3.8, 4) is 5.75 Å². The van der Waals surface area contributed by atoms with Crippen LogP contribution in [0, 0.1) is 6.92 Å². The van der Waals surface area contributed by atoms with Gasteiger partial charge in [0.1, 0.15) is 11.5 Å². The monoisotopic (exact) mass is 493 g/mol. The van der Waals surface area contributed by atoms with Gasteiger partial charge in [-0.05, 0) is 61.2 Å². The van der Waals surface area contributed by atoms with E-state index in [1.165, 1.54) is 0 Å². The maximum Gasteiger partial charge on any atom is 0.295 e. The molecule has 1 unspecified atom stereocenters. The van der Waals surface area contributed by atoms with Gasteiger partial charge in [-0.25, -0.2) is 0 Å². The van der Waals surface area contributed by atoms with Gasteiger partial charge in [0.25, 0.3) is 11.7 Å². The Kier molecular flexibility index (Phi) is 8.72. The maximum absolute atomic E-state index is 13.3. The predicted molar refractivity (Wildman–Crippen MR) is 137 cm³/mol. The van der Waals surface area contributed by atoms with Crippen LogP contribution in [0.4, 0.5) is 0 Å². The molecule has 2 aliphatic heterocycles. The molecule has 192 valence electrons. The van der Waals surface area contributed by atoms with Gasteiger partial charge >= 0.3 is 0 Å². The van der Waals surface area contributed by atoms with Crippen LogP contribution in [0.3, 0.4) is 0 Å². The summed E-state index contributed by atoms with van der Waals surface area (Å²) >= 11 is 0. The number of likely N-dealkylation sites (tertiary alicyclic amines) is 1. The molecule has 8 nitrogen and oxygen atoms in total. The number of hydrogen-bond donors (Lipinski definition) is 1. The Morgan fingerprint density at radius 2 is 1.86 bits per heavy atom. The number of aromatic nitrogens is 1. The minimum atomic E-state index is -0.669. The molecule has 0 saturated carbocycles. The third kappa shape index (κ3) is 5.77. The zero-order valence-corrected chi connectivity index (χ0v) is 21.1. The number of rotatable bonds is 10. The van der Waals surface area contributed by atoms with Gasteiger partial charge < -0.3 is 19.5 Å². The van der Waals surface area contributed by atoms with E-state index in [9.17, 15) is 14.7 Å². The van der Waals surface area contributed by atoms with Gasteiger partial charge in [0.15, 0.2) is 0 Å². The number of hydrogen-bond acceptors (Lipinski definition) is 7. The van der Waals surface area contributed by atoms with Crippen LogP contribution in [-0.2, 0) is 14.3 Å². The first-order valence-electron chi connectivity index (χ1n) is 12.7. The van der Waals surface area contributed by atoms with E-state index in [4.69, 9.17) is 9.47 Å². The van der Waals surface area contributed by atoms with E-state index in [0.717, 1.165) is 50.0 Å². The standard InChI is InChI=1S/C28H35N3O5/c1-3-4-16-36-22-6-7-23(20(2)19-22)26(32)24-25(21-8-10-29-11-9-21)31(28(34)27(24)33)13-5-12-30-14-17-35-18-15-30/h6-11,19,25,32H,3-5,12-18H2,1-2H3/b26-24+. The highest BCUT2D eigenvalue weighted by Gasteiger charge is 2.46. The Labute approximate surface area is 212 Å². The number of aliphatic hydroxyl groups is 1. The maximum atomic E-state index is 13.3. The topological polar surface area (TPSA) is 92.2 Å². The minimum absolute atomic E-state index is 0.111. The van der Waals surface area contributed by atoms with Gasteiger partial charge in [0.05, 0.1) is 31.4 Å². The number of Topliss-reactive ketones (excluding diaryl/α,β-unsaturated/α-hetero) is 1. The molecule has 2 fully saturated rings. The Bertz CT molecular complexity index is 1100. The molecule has 36 heavy (non-hydrogen) atoms. The predicted octanol–water partition coefficient (Wildman–Crippen LogP) is 3.71. The van der Waals surface area contributed by atoms with Crippen LogP contribution in [0.25, 0.3) is 5.76 Å². The first kappa shape index (κ1) is 25.9. The number of aliphatic hydroxyl groups excluding tert-OH is 1. The number of carbonyl (C=O) groups is 2. The van der Waals surface area contributed by atoms with Crippen molar-refractivity contribution in [2.24, 2.45) is 0 Å². The van der Waals surface area contributed by atoms with E-state index in [1.807, 2.05) is 13.0 Å². The molecular weight excluding hydrogens is 458 g/mol. The number of nitrogens with zero attached hydrogens (tertiary/aromatic N) is 3. The summed E-state index contributed by atoms with van der Waals surface area (Å²) in [5, 5.41) is 11.4. The van der Waals surface area contributed by atoms with Crippen LogP contribution < -0.4 is 4.74 Å². The Hall–Kier alpha value is -3.23. The lowest BCUT2D eigenvalue weighted by atomic mass is 9.94. The van der Waals surface area contributed by atoms with E-state index < -0.39 is 17.7 Å². The number of aryl methyl sites for hydroxylation is 1. The molecule has 1 aromatic carbocycles. The zero-order valence-electron chi connectivity index (χ0n) is 21.1. The molecule has 0 aliphatic carbocycles. The van der Waals surface area contributed by atoms with Gasteiger partial charge in [0.2, 0.25) is 0 Å². The molecule has 4 rings (SSSR count). The fourth-order valence-electron chi connectivity index (χ4n) is 4.76. The molecule has 0 bridgehead atoms. The van der Waals surface area contributed by atoms with Crippen molar-refractivity contribution in [1.82, 2.24) is 14.8 Å². The summed E-state index contributed by atoms with van der Waals surface area (Å²) in [6.45, 7) is 8.97. The van der Waals surface area contributed by atoms with Gasteiger partial charge in [-0.15, -0.1) is 0 Å². The van der Waals surface area contributed by atoms with Crippen molar-refractivity contribution in [2.45, 2.75) is 39.2 Å². The molecule has 2 saturated heterocycles. The third-order valence-corrected chi connectivity index (χ3v) is 6.76. The van der Waals surface area contributed by atoms with Crippen LogP contribution >= 0.6 is 0 Å². The van der Waals surface area contributed by atoms with Crippen LogP contribution in [0.1, 0.15) is 48.9 Å². The summed E-state index contributed by atoms with van der Waals surface area (Å²) in [7, 11) is 0. The Morgan fingerprint density at radius 3 is 2.56 bits per heavy atom. The number of ketones is 1.